The van der Waals surface area contributed by atoms with Crippen LogP contribution in [0, 0.1) is 5.41 Å². The first-order chi connectivity index (χ1) is 13.3. The van der Waals surface area contributed by atoms with Crippen molar-refractivity contribution in [2.24, 2.45) is 5.41 Å². The lowest BCUT2D eigenvalue weighted by molar-refractivity contribution is -0.125. The van der Waals surface area contributed by atoms with E-state index in [1.165, 1.54) is 0 Å². The van der Waals surface area contributed by atoms with Crippen molar-refractivity contribution in [1.82, 2.24) is 0 Å². The molecule has 1 heterocycles. The summed E-state index contributed by atoms with van der Waals surface area (Å²) in [6, 6.07) is 10.0. The van der Waals surface area contributed by atoms with Gasteiger partial charge in [0.2, 0.25) is 11.7 Å². The maximum atomic E-state index is 13.2. The Bertz CT molecular complexity index is 883. The van der Waals surface area contributed by atoms with E-state index < -0.39 is 5.41 Å². The minimum Gasteiger partial charge on any atom is -0.493 e. The monoisotopic (exact) mass is 383 g/mol. The van der Waals surface area contributed by atoms with Crippen LogP contribution in [0.25, 0.3) is 11.1 Å². The van der Waals surface area contributed by atoms with Crippen LogP contribution >= 0.6 is 0 Å². The fraction of sp³-hybridized carbons (Fsp3) is 0.435. The van der Waals surface area contributed by atoms with Crippen molar-refractivity contribution in [3.05, 3.63) is 35.9 Å². The molecule has 2 aromatic carbocycles. The number of anilines is 1. The zero-order valence-corrected chi connectivity index (χ0v) is 17.6. The van der Waals surface area contributed by atoms with Crippen molar-refractivity contribution in [3.8, 4) is 28.4 Å². The predicted molar refractivity (Wildman–Crippen MR) is 112 cm³/mol. The fourth-order valence-electron chi connectivity index (χ4n) is 3.78. The van der Waals surface area contributed by atoms with E-state index in [1.54, 1.807) is 21.3 Å². The Labute approximate surface area is 167 Å². The van der Waals surface area contributed by atoms with Crippen LogP contribution in [-0.2, 0) is 11.2 Å². The number of hydrogen-bond donors (Lipinski definition) is 0. The summed E-state index contributed by atoms with van der Waals surface area (Å²) in [6.45, 7) is 6.54. The molecule has 28 heavy (non-hydrogen) atoms. The number of nitrogens with zero attached hydrogens (tertiary/aromatic N) is 1. The first-order valence-corrected chi connectivity index (χ1v) is 9.56. The molecule has 150 valence electrons. The van der Waals surface area contributed by atoms with Crippen molar-refractivity contribution in [2.75, 3.05) is 32.8 Å². The molecule has 5 nitrogen and oxygen atoms in total. The van der Waals surface area contributed by atoms with Gasteiger partial charge in [-0.3, -0.25) is 4.79 Å². The lowest BCUT2D eigenvalue weighted by Crippen LogP contribution is -2.41. The van der Waals surface area contributed by atoms with Crippen LogP contribution in [0.4, 0.5) is 5.69 Å². The molecule has 1 aliphatic heterocycles. The topological polar surface area (TPSA) is 48.0 Å². The minimum atomic E-state index is -0.461. The van der Waals surface area contributed by atoms with Gasteiger partial charge in [-0.05, 0) is 30.5 Å². The van der Waals surface area contributed by atoms with Gasteiger partial charge in [0.15, 0.2) is 11.5 Å². The standard InChI is InChI=1S/C23H29NO4/c1-23(2,3)22(25)24-13-9-10-15-14-18(26-4)20(27-5)21(28-6)19(15)16-11-7-8-12-17(16)24/h7-8,11-12,14H,9-10,13H2,1-6H3. The van der Waals surface area contributed by atoms with Gasteiger partial charge >= 0.3 is 0 Å². The second-order valence-electron chi connectivity index (χ2n) is 8.01. The summed E-state index contributed by atoms with van der Waals surface area (Å²) in [5.41, 5.74) is 3.49. The van der Waals surface area contributed by atoms with Crippen LogP contribution < -0.4 is 19.1 Å². The number of aryl methyl sites for hydroxylation is 1. The Kier molecular flexibility index (Phi) is 5.54. The number of para-hydroxylation sites is 1. The van der Waals surface area contributed by atoms with Gasteiger partial charge in [-0.2, -0.15) is 0 Å². The van der Waals surface area contributed by atoms with E-state index in [9.17, 15) is 4.79 Å². The van der Waals surface area contributed by atoms with Gasteiger partial charge in [-0.1, -0.05) is 39.0 Å². The Morgan fingerprint density at radius 2 is 1.68 bits per heavy atom. The van der Waals surface area contributed by atoms with Crippen molar-refractivity contribution >= 4 is 11.6 Å². The van der Waals surface area contributed by atoms with Crippen molar-refractivity contribution in [3.63, 3.8) is 0 Å². The first-order valence-electron chi connectivity index (χ1n) is 9.56. The van der Waals surface area contributed by atoms with Crippen LogP contribution in [-0.4, -0.2) is 33.8 Å². The lowest BCUT2D eigenvalue weighted by Gasteiger charge is -2.33. The minimum absolute atomic E-state index is 0.114. The molecule has 5 heteroatoms. The quantitative estimate of drug-likeness (QED) is 0.770. The van der Waals surface area contributed by atoms with Crippen LogP contribution in [0.15, 0.2) is 30.3 Å². The Morgan fingerprint density at radius 3 is 2.29 bits per heavy atom. The van der Waals surface area contributed by atoms with Gasteiger partial charge in [0.05, 0.1) is 27.0 Å². The summed E-state index contributed by atoms with van der Waals surface area (Å²) in [5, 5.41) is 0. The number of carbonyl (C=O) groups excluding carboxylic acids is 1. The summed E-state index contributed by atoms with van der Waals surface area (Å²) in [5.74, 6) is 1.96. The average Bonchev–Trinajstić information content (AvgIpc) is 2.67. The molecule has 0 spiro atoms. The third-order valence-corrected chi connectivity index (χ3v) is 5.09. The van der Waals surface area contributed by atoms with E-state index in [2.05, 4.69) is 0 Å². The number of carbonyl (C=O) groups is 1. The highest BCUT2D eigenvalue weighted by molar-refractivity contribution is 6.02. The molecular weight excluding hydrogens is 354 g/mol. The zero-order chi connectivity index (χ0) is 20.5. The first kappa shape index (κ1) is 20.1. The summed E-state index contributed by atoms with van der Waals surface area (Å²) in [6.07, 6.45) is 1.66. The van der Waals surface area contributed by atoms with E-state index in [4.69, 9.17) is 14.2 Å². The summed E-state index contributed by atoms with van der Waals surface area (Å²) in [4.78, 5) is 15.1. The molecule has 0 N–H and O–H groups in total. The second kappa shape index (κ2) is 7.74. The third-order valence-electron chi connectivity index (χ3n) is 5.09. The van der Waals surface area contributed by atoms with Gasteiger partial charge in [0.25, 0.3) is 0 Å². The Morgan fingerprint density at radius 1 is 1.00 bits per heavy atom. The van der Waals surface area contributed by atoms with Crippen molar-refractivity contribution in [1.29, 1.82) is 0 Å². The van der Waals surface area contributed by atoms with E-state index in [0.717, 1.165) is 35.2 Å². The number of fused-ring (bicyclic) bond motifs is 3. The molecule has 0 radical (unpaired) electrons. The molecule has 0 saturated heterocycles. The lowest BCUT2D eigenvalue weighted by atomic mass is 9.89. The normalized spacial score (nSPS) is 13.7. The molecule has 0 aliphatic carbocycles. The van der Waals surface area contributed by atoms with Gasteiger partial charge in [-0.25, -0.2) is 0 Å². The smallest absolute Gasteiger partial charge is 0.232 e. The number of benzene rings is 2. The largest absolute Gasteiger partial charge is 0.493 e. The highest BCUT2D eigenvalue weighted by Crippen LogP contribution is 2.50. The molecule has 0 fully saturated rings. The summed E-state index contributed by atoms with van der Waals surface area (Å²) >= 11 is 0. The van der Waals surface area contributed by atoms with Gasteiger partial charge in [-0.15, -0.1) is 0 Å². The van der Waals surface area contributed by atoms with E-state index in [0.29, 0.717) is 23.8 Å². The third kappa shape index (κ3) is 3.41. The van der Waals surface area contributed by atoms with E-state index >= 15 is 0 Å². The van der Waals surface area contributed by atoms with Crippen LogP contribution in [0.5, 0.6) is 17.2 Å². The fourth-order valence-corrected chi connectivity index (χ4v) is 3.78. The van der Waals surface area contributed by atoms with Crippen LogP contribution in [0.2, 0.25) is 0 Å². The molecule has 3 rings (SSSR count). The average molecular weight is 383 g/mol. The number of methoxy groups -OCH3 is 3. The van der Waals surface area contributed by atoms with Gasteiger partial charge < -0.3 is 19.1 Å². The molecule has 0 bridgehead atoms. The van der Waals surface area contributed by atoms with Crippen molar-refractivity contribution in [2.45, 2.75) is 33.6 Å². The molecule has 0 aromatic heterocycles. The van der Waals surface area contributed by atoms with Crippen LogP contribution in [0.1, 0.15) is 32.8 Å². The second-order valence-corrected chi connectivity index (χ2v) is 8.01. The maximum Gasteiger partial charge on any atom is 0.232 e. The van der Waals surface area contributed by atoms with Crippen molar-refractivity contribution < 1.29 is 19.0 Å². The maximum absolute atomic E-state index is 13.2. The van der Waals surface area contributed by atoms with Gasteiger partial charge in [0, 0.05) is 23.1 Å². The highest BCUT2D eigenvalue weighted by Gasteiger charge is 2.32. The number of amides is 1. The predicted octanol–water partition coefficient (Wildman–Crippen LogP) is 4.70. The van der Waals surface area contributed by atoms with E-state index in [1.807, 2.05) is 56.0 Å². The number of ether oxygens (including phenoxy) is 3. The summed E-state index contributed by atoms with van der Waals surface area (Å²) < 4.78 is 16.9. The molecule has 2 aromatic rings. The number of rotatable bonds is 3. The summed E-state index contributed by atoms with van der Waals surface area (Å²) in [7, 11) is 4.87. The Balaban J connectivity index is 2.31. The highest BCUT2D eigenvalue weighted by atomic mass is 16.5. The molecule has 1 aliphatic rings. The van der Waals surface area contributed by atoms with Crippen LogP contribution in [0.3, 0.4) is 0 Å². The molecule has 0 saturated carbocycles. The molecule has 0 unspecified atom stereocenters. The SMILES string of the molecule is COc1cc2c(c(OC)c1OC)-c1ccccc1N(C(=O)C(C)(C)C)CCC2. The van der Waals surface area contributed by atoms with E-state index in [-0.39, 0.29) is 5.91 Å². The van der Waals surface area contributed by atoms with Gasteiger partial charge in [0.1, 0.15) is 0 Å². The molecule has 1 amide bonds. The zero-order valence-electron chi connectivity index (χ0n) is 17.6. The Hall–Kier alpha value is -2.69. The molecular formula is C23H29NO4. The molecule has 0 atom stereocenters. The number of hydrogen-bond acceptors (Lipinski definition) is 4.